The number of carbonyl (C=O) groups is 1. The molecule has 0 aliphatic rings. The highest BCUT2D eigenvalue weighted by atomic mass is 35.5. The minimum absolute atomic E-state index is 0.0626. The minimum atomic E-state index is -3.81. The second-order valence-electron chi connectivity index (χ2n) is 4.54. The number of hydrogen-bond acceptors (Lipinski definition) is 4. The molecule has 0 atom stereocenters. The maximum atomic E-state index is 12.0. The number of aromatic nitrogens is 1. The first-order valence-corrected chi connectivity index (χ1v) is 8.73. The van der Waals surface area contributed by atoms with E-state index in [9.17, 15) is 13.2 Å². The second kappa shape index (κ2) is 7.74. The Morgan fingerprint density at radius 2 is 1.78 bits per heavy atom. The van der Waals surface area contributed by atoms with Gasteiger partial charge in [-0.2, -0.15) is 0 Å². The molecular weight excluding hydrogens is 361 g/mol. The van der Waals surface area contributed by atoms with Gasteiger partial charge in [0.25, 0.3) is 0 Å². The third-order valence-electron chi connectivity index (χ3n) is 2.84. The average Bonchev–Trinajstić information content (AvgIpc) is 2.53. The van der Waals surface area contributed by atoms with Crippen molar-refractivity contribution in [3.63, 3.8) is 0 Å². The van der Waals surface area contributed by atoms with Gasteiger partial charge in [0.05, 0.1) is 6.54 Å². The molecule has 9 heteroatoms. The van der Waals surface area contributed by atoms with E-state index in [1.807, 2.05) is 0 Å². The fourth-order valence-electron chi connectivity index (χ4n) is 1.63. The fraction of sp³-hybridized carbons (Fsp3) is 0.143. The van der Waals surface area contributed by atoms with Crippen molar-refractivity contribution in [2.24, 2.45) is 0 Å². The highest BCUT2D eigenvalue weighted by molar-refractivity contribution is 7.89. The van der Waals surface area contributed by atoms with Crippen molar-refractivity contribution in [1.29, 1.82) is 0 Å². The van der Waals surface area contributed by atoms with Gasteiger partial charge in [0.2, 0.25) is 15.9 Å². The molecule has 1 amide bonds. The van der Waals surface area contributed by atoms with Crippen molar-refractivity contribution >= 4 is 39.1 Å². The number of amides is 1. The molecule has 122 valence electrons. The molecule has 1 heterocycles. The zero-order valence-corrected chi connectivity index (χ0v) is 14.1. The normalized spacial score (nSPS) is 11.2. The Hall–Kier alpha value is -1.67. The van der Waals surface area contributed by atoms with Gasteiger partial charge in [-0.05, 0) is 29.8 Å². The summed E-state index contributed by atoms with van der Waals surface area (Å²) in [5.74, 6) is -0.453. The topological polar surface area (TPSA) is 88.2 Å². The Bertz CT molecular complexity index is 778. The average molecular weight is 374 g/mol. The van der Waals surface area contributed by atoms with E-state index in [1.54, 1.807) is 24.3 Å². The van der Waals surface area contributed by atoms with Crippen molar-refractivity contribution in [2.45, 2.75) is 11.4 Å². The van der Waals surface area contributed by atoms with Crippen LogP contribution in [0.15, 0.2) is 47.5 Å². The lowest BCUT2D eigenvalue weighted by atomic mass is 10.2. The Morgan fingerprint density at radius 1 is 1.09 bits per heavy atom. The van der Waals surface area contributed by atoms with Gasteiger partial charge in [0.15, 0.2) is 0 Å². The SMILES string of the molecule is O=C(CNS(=O)(=O)c1ccc(Cl)nc1)NCc1ccc(Cl)cc1. The van der Waals surface area contributed by atoms with Gasteiger partial charge in [0, 0.05) is 17.8 Å². The summed E-state index contributed by atoms with van der Waals surface area (Å²) < 4.78 is 26.1. The molecule has 0 aliphatic heterocycles. The predicted molar refractivity (Wildman–Crippen MR) is 87.7 cm³/mol. The van der Waals surface area contributed by atoms with Crippen LogP contribution in [-0.2, 0) is 21.4 Å². The van der Waals surface area contributed by atoms with Crippen LogP contribution in [0.5, 0.6) is 0 Å². The molecule has 0 aliphatic carbocycles. The van der Waals surface area contributed by atoms with Crippen LogP contribution in [0, 0.1) is 0 Å². The summed E-state index contributed by atoms with van der Waals surface area (Å²) in [6.45, 7) is -0.0984. The van der Waals surface area contributed by atoms with Crippen LogP contribution in [0.3, 0.4) is 0 Å². The number of sulfonamides is 1. The summed E-state index contributed by atoms with van der Waals surface area (Å²) in [4.78, 5) is 15.3. The minimum Gasteiger partial charge on any atom is -0.351 e. The first-order valence-electron chi connectivity index (χ1n) is 6.49. The molecule has 0 saturated carbocycles. The van der Waals surface area contributed by atoms with Crippen molar-refractivity contribution in [3.8, 4) is 0 Å². The van der Waals surface area contributed by atoms with Gasteiger partial charge in [-0.25, -0.2) is 18.1 Å². The summed E-state index contributed by atoms with van der Waals surface area (Å²) >= 11 is 11.4. The second-order valence-corrected chi connectivity index (χ2v) is 7.14. The first-order chi connectivity index (χ1) is 10.9. The van der Waals surface area contributed by atoms with E-state index in [-0.39, 0.29) is 23.1 Å². The molecule has 1 aromatic heterocycles. The molecule has 0 spiro atoms. The molecule has 0 bridgehead atoms. The zero-order chi connectivity index (χ0) is 16.9. The van der Waals surface area contributed by atoms with Crippen molar-refractivity contribution in [1.82, 2.24) is 15.0 Å². The number of nitrogens with one attached hydrogen (secondary N) is 2. The van der Waals surface area contributed by atoms with E-state index in [1.165, 1.54) is 12.1 Å². The molecule has 0 saturated heterocycles. The van der Waals surface area contributed by atoms with Crippen LogP contribution in [0.25, 0.3) is 0 Å². The molecule has 23 heavy (non-hydrogen) atoms. The van der Waals surface area contributed by atoms with E-state index in [0.29, 0.717) is 5.02 Å². The number of halogens is 2. The number of benzene rings is 1. The summed E-state index contributed by atoms with van der Waals surface area (Å²) in [6.07, 6.45) is 1.12. The predicted octanol–water partition coefficient (Wildman–Crippen LogP) is 1.98. The van der Waals surface area contributed by atoms with Gasteiger partial charge in [-0.3, -0.25) is 4.79 Å². The van der Waals surface area contributed by atoms with Gasteiger partial charge in [0.1, 0.15) is 10.0 Å². The molecule has 0 unspecified atom stereocenters. The van der Waals surface area contributed by atoms with Gasteiger partial charge in [-0.15, -0.1) is 0 Å². The Morgan fingerprint density at radius 3 is 2.39 bits per heavy atom. The van der Waals surface area contributed by atoms with Crippen molar-refractivity contribution < 1.29 is 13.2 Å². The third kappa shape index (κ3) is 5.47. The number of carbonyl (C=O) groups excluding carboxylic acids is 1. The van der Waals surface area contributed by atoms with E-state index in [0.717, 1.165) is 11.8 Å². The fourth-order valence-corrected chi connectivity index (χ4v) is 2.79. The lowest BCUT2D eigenvalue weighted by molar-refractivity contribution is -0.120. The van der Waals surface area contributed by atoms with Gasteiger partial charge >= 0.3 is 0 Å². The quantitative estimate of drug-likeness (QED) is 0.757. The highest BCUT2D eigenvalue weighted by Crippen LogP contribution is 2.10. The summed E-state index contributed by atoms with van der Waals surface area (Å²) in [6, 6.07) is 9.62. The summed E-state index contributed by atoms with van der Waals surface area (Å²) in [5.41, 5.74) is 0.854. The molecule has 0 radical (unpaired) electrons. The van der Waals surface area contributed by atoms with Gasteiger partial charge < -0.3 is 5.32 Å². The van der Waals surface area contributed by atoms with Crippen LogP contribution in [0.1, 0.15) is 5.56 Å². The molecule has 2 rings (SSSR count). The Labute approximate surface area is 143 Å². The monoisotopic (exact) mass is 373 g/mol. The summed E-state index contributed by atoms with van der Waals surface area (Å²) in [5, 5.41) is 3.39. The highest BCUT2D eigenvalue weighted by Gasteiger charge is 2.15. The first kappa shape index (κ1) is 17.7. The Balaban J connectivity index is 1.86. The van der Waals surface area contributed by atoms with Crippen LogP contribution < -0.4 is 10.0 Å². The van der Waals surface area contributed by atoms with Crippen molar-refractivity contribution in [2.75, 3.05) is 6.54 Å². The van der Waals surface area contributed by atoms with E-state index in [2.05, 4.69) is 15.0 Å². The number of hydrogen-bond donors (Lipinski definition) is 2. The van der Waals surface area contributed by atoms with Crippen LogP contribution in [-0.4, -0.2) is 25.9 Å². The lowest BCUT2D eigenvalue weighted by Gasteiger charge is -2.08. The number of pyridine rings is 1. The molecular formula is C14H13Cl2N3O3S. The number of rotatable bonds is 6. The van der Waals surface area contributed by atoms with Crippen LogP contribution in [0.4, 0.5) is 0 Å². The number of nitrogens with zero attached hydrogens (tertiary/aromatic N) is 1. The van der Waals surface area contributed by atoms with E-state index in [4.69, 9.17) is 23.2 Å². The zero-order valence-electron chi connectivity index (χ0n) is 11.8. The summed E-state index contributed by atoms with van der Waals surface area (Å²) in [7, 11) is -3.81. The van der Waals surface area contributed by atoms with Crippen LogP contribution in [0.2, 0.25) is 10.2 Å². The van der Waals surface area contributed by atoms with E-state index < -0.39 is 15.9 Å². The van der Waals surface area contributed by atoms with Crippen molar-refractivity contribution in [3.05, 3.63) is 58.3 Å². The largest absolute Gasteiger partial charge is 0.351 e. The lowest BCUT2D eigenvalue weighted by Crippen LogP contribution is -2.36. The third-order valence-corrected chi connectivity index (χ3v) is 4.70. The molecule has 0 fully saturated rings. The Kier molecular flexibility index (Phi) is 5.95. The van der Waals surface area contributed by atoms with E-state index >= 15 is 0 Å². The molecule has 1 aromatic carbocycles. The smallest absolute Gasteiger partial charge is 0.242 e. The molecule has 2 aromatic rings. The van der Waals surface area contributed by atoms with Gasteiger partial charge in [-0.1, -0.05) is 35.3 Å². The standard InChI is InChI=1S/C14H13Cl2N3O3S/c15-11-3-1-10(2-4-11)7-18-14(20)9-19-23(21,22)12-5-6-13(16)17-8-12/h1-6,8,19H,7,9H2,(H,18,20). The molecule has 2 N–H and O–H groups in total. The molecule has 6 nitrogen and oxygen atoms in total. The maximum absolute atomic E-state index is 12.0. The van der Waals surface area contributed by atoms with Crippen LogP contribution >= 0.6 is 23.2 Å². The maximum Gasteiger partial charge on any atom is 0.242 e.